The van der Waals surface area contributed by atoms with Gasteiger partial charge in [0.1, 0.15) is 5.70 Å². The lowest BCUT2D eigenvalue weighted by Gasteiger charge is -2.03. The van der Waals surface area contributed by atoms with Crippen LogP contribution in [-0.4, -0.2) is 29.3 Å². The second kappa shape index (κ2) is 4.92. The highest BCUT2D eigenvalue weighted by atomic mass is 32.2. The van der Waals surface area contributed by atoms with Gasteiger partial charge in [-0.05, 0) is 13.8 Å². The number of ether oxygens (including phenoxy) is 2. The molecule has 1 rings (SSSR count). The lowest BCUT2D eigenvalue weighted by Crippen LogP contribution is -2.18. The number of nitrogens with zero attached hydrogens (tertiary/aromatic N) is 1. The molecule has 15 heavy (non-hydrogen) atoms. The summed E-state index contributed by atoms with van der Waals surface area (Å²) in [5.74, 6) is -0.675. The normalized spacial score (nSPS) is 20.1. The van der Waals surface area contributed by atoms with E-state index >= 15 is 0 Å². The summed E-state index contributed by atoms with van der Waals surface area (Å²) in [4.78, 5) is 11.2. The van der Waals surface area contributed by atoms with Crippen molar-refractivity contribution in [3.63, 3.8) is 0 Å². The zero-order valence-corrected chi connectivity index (χ0v) is 9.30. The predicted molar refractivity (Wildman–Crippen MR) is 55.0 cm³/mol. The first-order valence-corrected chi connectivity index (χ1v) is 5.53. The Morgan fingerprint density at radius 3 is 2.67 bits per heavy atom. The van der Waals surface area contributed by atoms with E-state index in [2.05, 4.69) is 4.40 Å². The summed E-state index contributed by atoms with van der Waals surface area (Å²) in [5, 5.41) is 0. The van der Waals surface area contributed by atoms with Crippen molar-refractivity contribution in [2.45, 2.75) is 13.8 Å². The van der Waals surface area contributed by atoms with Crippen molar-refractivity contribution in [3.05, 3.63) is 10.6 Å². The molecule has 0 spiro atoms. The zero-order chi connectivity index (χ0) is 11.4. The number of nitrogens with two attached hydrogens (primary N) is 1. The maximum atomic E-state index is 11.4. The van der Waals surface area contributed by atoms with Crippen LogP contribution in [0.25, 0.3) is 0 Å². The average Bonchev–Trinajstić information content (AvgIpc) is 2.43. The molecule has 84 valence electrons. The Balaban J connectivity index is 2.91. The molecule has 0 aromatic carbocycles. The molecule has 0 bridgehead atoms. The standard InChI is InChI=1S/C8H12N2O4S/c1-3-13-7-5(9)6(15(12)10-7)8(11)14-4-2/h3-4,9H2,1-2H3. The van der Waals surface area contributed by atoms with E-state index in [1.165, 1.54) is 0 Å². The van der Waals surface area contributed by atoms with E-state index < -0.39 is 17.0 Å². The van der Waals surface area contributed by atoms with Crippen LogP contribution in [0.3, 0.4) is 0 Å². The number of rotatable bonds is 3. The number of hydrogen-bond acceptors (Lipinski definition) is 5. The Labute approximate surface area is 89.7 Å². The van der Waals surface area contributed by atoms with E-state index in [1.807, 2.05) is 0 Å². The molecule has 0 aromatic rings. The van der Waals surface area contributed by atoms with Gasteiger partial charge in [0.2, 0.25) is 5.90 Å². The Morgan fingerprint density at radius 2 is 2.13 bits per heavy atom. The molecule has 1 aliphatic heterocycles. The molecule has 0 aliphatic carbocycles. The summed E-state index contributed by atoms with van der Waals surface area (Å²) in [5.41, 5.74) is 5.55. The van der Waals surface area contributed by atoms with E-state index in [4.69, 9.17) is 15.2 Å². The summed E-state index contributed by atoms with van der Waals surface area (Å²) in [7, 11) is -1.81. The summed E-state index contributed by atoms with van der Waals surface area (Å²) < 4.78 is 24.7. The maximum absolute atomic E-state index is 11.4. The summed E-state index contributed by atoms with van der Waals surface area (Å²) in [6.45, 7) is 3.92. The van der Waals surface area contributed by atoms with Crippen LogP contribution < -0.4 is 5.73 Å². The first-order valence-electron chi connectivity index (χ1n) is 4.42. The fourth-order valence-electron chi connectivity index (χ4n) is 0.980. The van der Waals surface area contributed by atoms with Crippen LogP contribution in [-0.2, 0) is 25.3 Å². The van der Waals surface area contributed by atoms with Gasteiger partial charge in [-0.25, -0.2) is 9.00 Å². The van der Waals surface area contributed by atoms with Crippen molar-refractivity contribution in [1.29, 1.82) is 0 Å². The highest BCUT2D eigenvalue weighted by Gasteiger charge is 2.31. The molecule has 0 radical (unpaired) electrons. The number of hydrogen-bond donors (Lipinski definition) is 1. The van der Waals surface area contributed by atoms with Crippen LogP contribution in [0.2, 0.25) is 0 Å². The van der Waals surface area contributed by atoms with Gasteiger partial charge in [0.05, 0.1) is 13.2 Å². The molecular weight excluding hydrogens is 220 g/mol. The number of carbonyl (C=O) groups is 1. The molecule has 7 heteroatoms. The van der Waals surface area contributed by atoms with Crippen LogP contribution in [0, 0.1) is 0 Å². The van der Waals surface area contributed by atoms with E-state index in [0.717, 1.165) is 0 Å². The highest BCUT2D eigenvalue weighted by Crippen LogP contribution is 2.18. The zero-order valence-electron chi connectivity index (χ0n) is 8.48. The minimum atomic E-state index is -1.81. The molecule has 0 fully saturated rings. The minimum Gasteiger partial charge on any atom is -0.476 e. The van der Waals surface area contributed by atoms with Gasteiger partial charge in [0, 0.05) is 0 Å². The average molecular weight is 232 g/mol. The second-order valence-corrected chi connectivity index (χ2v) is 3.63. The van der Waals surface area contributed by atoms with Crippen LogP contribution in [0.15, 0.2) is 15.0 Å². The Hall–Kier alpha value is -1.37. The van der Waals surface area contributed by atoms with Crippen LogP contribution >= 0.6 is 0 Å². The smallest absolute Gasteiger partial charge is 0.351 e. The lowest BCUT2D eigenvalue weighted by atomic mass is 10.4. The van der Waals surface area contributed by atoms with Crippen molar-refractivity contribution in [1.82, 2.24) is 0 Å². The Morgan fingerprint density at radius 1 is 1.47 bits per heavy atom. The summed E-state index contributed by atoms with van der Waals surface area (Å²) in [6, 6.07) is 0. The van der Waals surface area contributed by atoms with E-state index in [0.29, 0.717) is 6.61 Å². The van der Waals surface area contributed by atoms with Crippen molar-refractivity contribution >= 4 is 22.9 Å². The van der Waals surface area contributed by atoms with Gasteiger partial charge in [-0.1, -0.05) is 0 Å². The molecule has 0 amide bonds. The van der Waals surface area contributed by atoms with E-state index in [1.54, 1.807) is 13.8 Å². The van der Waals surface area contributed by atoms with Gasteiger partial charge in [-0.2, -0.15) is 0 Å². The van der Waals surface area contributed by atoms with Gasteiger partial charge in [0.15, 0.2) is 15.9 Å². The first-order chi connectivity index (χ1) is 7.11. The predicted octanol–water partition coefficient (Wildman–Crippen LogP) is -0.168. The van der Waals surface area contributed by atoms with Gasteiger partial charge in [-0.3, -0.25) is 0 Å². The second-order valence-electron chi connectivity index (χ2n) is 2.54. The molecular formula is C8H12N2O4S. The fraction of sp³-hybridized carbons (Fsp3) is 0.500. The summed E-state index contributed by atoms with van der Waals surface area (Å²) >= 11 is 0. The van der Waals surface area contributed by atoms with Gasteiger partial charge < -0.3 is 15.2 Å². The quantitative estimate of drug-likeness (QED) is 0.682. The monoisotopic (exact) mass is 232 g/mol. The van der Waals surface area contributed by atoms with Crippen LogP contribution in [0.4, 0.5) is 0 Å². The number of esters is 1. The molecule has 1 heterocycles. The molecule has 1 atom stereocenters. The lowest BCUT2D eigenvalue weighted by molar-refractivity contribution is -0.137. The van der Waals surface area contributed by atoms with Crippen LogP contribution in [0.1, 0.15) is 13.8 Å². The third-order valence-corrected chi connectivity index (χ3v) is 2.62. The summed E-state index contributed by atoms with van der Waals surface area (Å²) in [6.07, 6.45) is 0. The van der Waals surface area contributed by atoms with E-state index in [-0.39, 0.29) is 23.1 Å². The van der Waals surface area contributed by atoms with Gasteiger partial charge in [-0.15, -0.1) is 4.40 Å². The molecule has 1 unspecified atom stereocenters. The third-order valence-electron chi connectivity index (χ3n) is 1.56. The van der Waals surface area contributed by atoms with Gasteiger partial charge >= 0.3 is 5.97 Å². The Bertz CT molecular complexity index is 362. The molecule has 0 aromatic heterocycles. The van der Waals surface area contributed by atoms with E-state index in [9.17, 15) is 9.00 Å². The Kier molecular flexibility index (Phi) is 3.84. The van der Waals surface area contributed by atoms with Crippen molar-refractivity contribution in [3.8, 4) is 0 Å². The number of carbonyl (C=O) groups excluding carboxylic acids is 1. The SMILES string of the molecule is CCOC(=O)C1=C(N)C(OCC)=NS1=O. The largest absolute Gasteiger partial charge is 0.476 e. The molecule has 6 nitrogen and oxygen atoms in total. The highest BCUT2D eigenvalue weighted by molar-refractivity contribution is 7.89. The fourth-order valence-corrected chi connectivity index (χ4v) is 1.85. The third kappa shape index (κ3) is 2.35. The van der Waals surface area contributed by atoms with Crippen LogP contribution in [0.5, 0.6) is 0 Å². The molecule has 0 saturated heterocycles. The van der Waals surface area contributed by atoms with Gasteiger partial charge in [0.25, 0.3) is 0 Å². The topological polar surface area (TPSA) is 91.0 Å². The molecule has 0 saturated carbocycles. The molecule has 1 aliphatic rings. The van der Waals surface area contributed by atoms with Crippen molar-refractivity contribution in [2.75, 3.05) is 13.2 Å². The molecule has 2 N–H and O–H groups in total. The maximum Gasteiger partial charge on any atom is 0.351 e. The van der Waals surface area contributed by atoms with Crippen molar-refractivity contribution in [2.24, 2.45) is 10.1 Å². The first kappa shape index (κ1) is 11.7. The minimum absolute atomic E-state index is 0.00590. The van der Waals surface area contributed by atoms with Crippen molar-refractivity contribution < 1.29 is 18.5 Å².